The summed E-state index contributed by atoms with van der Waals surface area (Å²) in [5, 5.41) is 0. The Morgan fingerprint density at radius 2 is 2.17 bits per heavy atom. The molecule has 0 amide bonds. The summed E-state index contributed by atoms with van der Waals surface area (Å²) < 4.78 is 0. The Labute approximate surface area is 71.4 Å². The Morgan fingerprint density at radius 1 is 1.42 bits per heavy atom. The molecule has 12 heavy (non-hydrogen) atoms. The van der Waals surface area contributed by atoms with Crippen LogP contribution >= 0.6 is 0 Å². The van der Waals surface area contributed by atoms with Crippen LogP contribution in [0.3, 0.4) is 0 Å². The number of aromatic nitrogens is 2. The minimum Gasteiger partial charge on any atom is -0.382 e. The first-order valence-electron chi connectivity index (χ1n) is 4.08. The van der Waals surface area contributed by atoms with Gasteiger partial charge in [-0.2, -0.15) is 0 Å². The number of nitrogen functional groups attached to an aromatic ring is 1. The van der Waals surface area contributed by atoms with Gasteiger partial charge in [0.05, 0.1) is 12.4 Å². The van der Waals surface area contributed by atoms with Gasteiger partial charge in [0.25, 0.3) is 0 Å². The molecule has 1 heterocycles. The van der Waals surface area contributed by atoms with E-state index in [0.29, 0.717) is 11.9 Å². The zero-order valence-electron chi connectivity index (χ0n) is 7.07. The standard InChI is InChI=1S/C8H12N4/c1-12(6-2-3-6)8-5-10-7(9)4-11-8/h4-6H,2-3H2,1H3,(H2,9,10). The molecular weight excluding hydrogens is 152 g/mol. The Kier molecular flexibility index (Phi) is 1.60. The summed E-state index contributed by atoms with van der Waals surface area (Å²) in [5.74, 6) is 1.38. The fraction of sp³-hybridized carbons (Fsp3) is 0.500. The van der Waals surface area contributed by atoms with Crippen LogP contribution in [0.2, 0.25) is 0 Å². The molecule has 0 spiro atoms. The molecule has 64 valence electrons. The van der Waals surface area contributed by atoms with Crippen LogP contribution in [-0.4, -0.2) is 23.1 Å². The molecule has 1 fully saturated rings. The predicted octanol–water partition coefficient (Wildman–Crippen LogP) is 0.657. The van der Waals surface area contributed by atoms with Crippen LogP contribution in [0.25, 0.3) is 0 Å². The third-order valence-corrected chi connectivity index (χ3v) is 2.11. The van der Waals surface area contributed by atoms with Crippen LogP contribution in [0, 0.1) is 0 Å². The number of hydrogen-bond donors (Lipinski definition) is 1. The van der Waals surface area contributed by atoms with Crippen molar-refractivity contribution < 1.29 is 0 Å². The van der Waals surface area contributed by atoms with Gasteiger partial charge in [-0.05, 0) is 12.8 Å². The average Bonchev–Trinajstić information content (AvgIpc) is 2.87. The molecule has 0 radical (unpaired) electrons. The fourth-order valence-corrected chi connectivity index (χ4v) is 1.16. The highest BCUT2D eigenvalue weighted by molar-refractivity contribution is 5.40. The lowest BCUT2D eigenvalue weighted by atomic mass is 10.5. The maximum atomic E-state index is 5.43. The van der Waals surface area contributed by atoms with E-state index in [-0.39, 0.29) is 0 Å². The van der Waals surface area contributed by atoms with Crippen molar-refractivity contribution in [2.24, 2.45) is 0 Å². The quantitative estimate of drug-likeness (QED) is 0.697. The molecule has 1 saturated carbocycles. The van der Waals surface area contributed by atoms with E-state index in [0.717, 1.165) is 5.82 Å². The van der Waals surface area contributed by atoms with Crippen LogP contribution in [0.1, 0.15) is 12.8 Å². The number of hydrogen-bond acceptors (Lipinski definition) is 4. The second-order valence-corrected chi connectivity index (χ2v) is 3.14. The second-order valence-electron chi connectivity index (χ2n) is 3.14. The Bertz CT molecular complexity index is 265. The van der Waals surface area contributed by atoms with Crippen LogP contribution in [0.4, 0.5) is 11.6 Å². The summed E-state index contributed by atoms with van der Waals surface area (Å²) in [6.45, 7) is 0. The van der Waals surface area contributed by atoms with Gasteiger partial charge in [0.2, 0.25) is 0 Å². The maximum Gasteiger partial charge on any atom is 0.147 e. The zero-order valence-corrected chi connectivity index (χ0v) is 7.07. The largest absolute Gasteiger partial charge is 0.382 e. The summed E-state index contributed by atoms with van der Waals surface area (Å²) in [6, 6.07) is 0.669. The summed E-state index contributed by atoms with van der Waals surface area (Å²) in [7, 11) is 2.04. The first-order valence-corrected chi connectivity index (χ1v) is 4.08. The molecule has 0 aliphatic heterocycles. The molecule has 0 unspecified atom stereocenters. The van der Waals surface area contributed by atoms with E-state index in [4.69, 9.17) is 5.73 Å². The maximum absolute atomic E-state index is 5.43. The Balaban J connectivity index is 2.16. The predicted molar refractivity (Wildman–Crippen MR) is 47.9 cm³/mol. The molecule has 0 saturated heterocycles. The van der Waals surface area contributed by atoms with E-state index >= 15 is 0 Å². The molecule has 0 bridgehead atoms. The fourth-order valence-electron chi connectivity index (χ4n) is 1.16. The first-order chi connectivity index (χ1) is 5.77. The summed E-state index contributed by atoms with van der Waals surface area (Å²) in [5.41, 5.74) is 5.43. The summed E-state index contributed by atoms with van der Waals surface area (Å²) in [6.07, 6.45) is 5.84. The van der Waals surface area contributed by atoms with Crippen LogP contribution in [-0.2, 0) is 0 Å². The van der Waals surface area contributed by atoms with Crippen molar-refractivity contribution in [3.8, 4) is 0 Å². The molecule has 1 aliphatic carbocycles. The molecule has 0 atom stereocenters. The van der Waals surface area contributed by atoms with Gasteiger partial charge in [-0.25, -0.2) is 9.97 Å². The molecule has 4 nitrogen and oxygen atoms in total. The van der Waals surface area contributed by atoms with Gasteiger partial charge in [-0.1, -0.05) is 0 Å². The molecule has 1 aliphatic rings. The molecule has 1 aromatic rings. The van der Waals surface area contributed by atoms with Crippen molar-refractivity contribution in [1.29, 1.82) is 0 Å². The van der Waals surface area contributed by atoms with Gasteiger partial charge in [0.15, 0.2) is 0 Å². The third kappa shape index (κ3) is 1.32. The molecule has 2 rings (SSSR count). The Morgan fingerprint density at radius 3 is 2.67 bits per heavy atom. The smallest absolute Gasteiger partial charge is 0.147 e. The normalized spacial score (nSPS) is 16.1. The molecule has 1 aromatic heterocycles. The van der Waals surface area contributed by atoms with Crippen molar-refractivity contribution in [3.63, 3.8) is 0 Å². The van der Waals surface area contributed by atoms with Crippen molar-refractivity contribution >= 4 is 11.6 Å². The average molecular weight is 164 g/mol. The lowest BCUT2D eigenvalue weighted by molar-refractivity contribution is 0.885. The van der Waals surface area contributed by atoms with E-state index in [2.05, 4.69) is 14.9 Å². The van der Waals surface area contributed by atoms with Crippen molar-refractivity contribution in [2.45, 2.75) is 18.9 Å². The van der Waals surface area contributed by atoms with Crippen LogP contribution in [0.5, 0.6) is 0 Å². The van der Waals surface area contributed by atoms with E-state index in [1.165, 1.54) is 12.8 Å². The molecule has 0 aromatic carbocycles. The Hall–Kier alpha value is -1.32. The molecular formula is C8H12N4. The van der Waals surface area contributed by atoms with Gasteiger partial charge in [-0.3, -0.25) is 0 Å². The summed E-state index contributed by atoms with van der Waals surface area (Å²) >= 11 is 0. The van der Waals surface area contributed by atoms with Gasteiger partial charge >= 0.3 is 0 Å². The number of anilines is 2. The second kappa shape index (κ2) is 2.62. The SMILES string of the molecule is CN(c1cnc(N)cn1)C1CC1. The topological polar surface area (TPSA) is 55.0 Å². The zero-order chi connectivity index (χ0) is 8.55. The number of rotatable bonds is 2. The first kappa shape index (κ1) is 7.34. The van der Waals surface area contributed by atoms with E-state index < -0.39 is 0 Å². The monoisotopic (exact) mass is 164 g/mol. The number of nitrogens with zero attached hydrogens (tertiary/aromatic N) is 3. The van der Waals surface area contributed by atoms with E-state index in [1.807, 2.05) is 7.05 Å². The van der Waals surface area contributed by atoms with Gasteiger partial charge in [0.1, 0.15) is 11.6 Å². The van der Waals surface area contributed by atoms with Gasteiger partial charge < -0.3 is 10.6 Å². The van der Waals surface area contributed by atoms with Crippen LogP contribution < -0.4 is 10.6 Å². The summed E-state index contributed by atoms with van der Waals surface area (Å²) in [4.78, 5) is 10.3. The molecule has 4 heteroatoms. The van der Waals surface area contributed by atoms with E-state index in [1.54, 1.807) is 12.4 Å². The number of nitrogens with two attached hydrogens (primary N) is 1. The highest BCUT2D eigenvalue weighted by Gasteiger charge is 2.26. The van der Waals surface area contributed by atoms with Crippen molar-refractivity contribution in [2.75, 3.05) is 17.7 Å². The van der Waals surface area contributed by atoms with E-state index in [9.17, 15) is 0 Å². The minimum absolute atomic E-state index is 0.475. The van der Waals surface area contributed by atoms with Crippen molar-refractivity contribution in [3.05, 3.63) is 12.4 Å². The lowest BCUT2D eigenvalue weighted by Gasteiger charge is -2.16. The third-order valence-electron chi connectivity index (χ3n) is 2.11. The highest BCUT2D eigenvalue weighted by Crippen LogP contribution is 2.28. The van der Waals surface area contributed by atoms with Crippen molar-refractivity contribution in [1.82, 2.24) is 9.97 Å². The minimum atomic E-state index is 0.475. The molecule has 2 N–H and O–H groups in total. The lowest BCUT2D eigenvalue weighted by Crippen LogP contribution is -2.20. The van der Waals surface area contributed by atoms with Crippen LogP contribution in [0.15, 0.2) is 12.4 Å². The van der Waals surface area contributed by atoms with Gasteiger partial charge in [0, 0.05) is 13.1 Å². The highest BCUT2D eigenvalue weighted by atomic mass is 15.2. The van der Waals surface area contributed by atoms with Gasteiger partial charge in [-0.15, -0.1) is 0 Å².